The van der Waals surface area contributed by atoms with Gasteiger partial charge in [0.05, 0.1) is 0 Å². The Labute approximate surface area is 102 Å². The summed E-state index contributed by atoms with van der Waals surface area (Å²) in [6, 6.07) is 5.13. The van der Waals surface area contributed by atoms with Gasteiger partial charge in [0.25, 0.3) is 5.91 Å². The molecule has 0 aliphatic heterocycles. The second kappa shape index (κ2) is 4.60. The second-order valence-electron chi connectivity index (χ2n) is 4.26. The van der Waals surface area contributed by atoms with Crippen molar-refractivity contribution >= 4 is 16.9 Å². The molecule has 0 radical (unpaired) electrons. The van der Waals surface area contributed by atoms with Gasteiger partial charge in [0.1, 0.15) is 17.0 Å². The molecule has 0 fully saturated rings. The van der Waals surface area contributed by atoms with Gasteiger partial charge in [0, 0.05) is 17.5 Å². The van der Waals surface area contributed by atoms with Crippen molar-refractivity contribution in [3.05, 3.63) is 46.1 Å². The van der Waals surface area contributed by atoms with Crippen LogP contribution in [0.5, 0.6) is 0 Å². The van der Waals surface area contributed by atoms with E-state index in [0.717, 1.165) is 6.07 Å². The summed E-state index contributed by atoms with van der Waals surface area (Å²) in [5, 5.41) is 3.11. The lowest BCUT2D eigenvalue weighted by Gasteiger charge is -2.07. The summed E-state index contributed by atoms with van der Waals surface area (Å²) in [7, 11) is 0. The van der Waals surface area contributed by atoms with Crippen molar-refractivity contribution in [1.29, 1.82) is 0 Å². The van der Waals surface area contributed by atoms with Crippen molar-refractivity contribution in [3.8, 4) is 0 Å². The van der Waals surface area contributed by atoms with E-state index in [2.05, 4.69) is 5.32 Å². The number of fused-ring (bicyclic) bond motifs is 1. The average molecular weight is 249 g/mol. The summed E-state index contributed by atoms with van der Waals surface area (Å²) in [5.41, 5.74) is -0.727. The molecule has 1 N–H and O–H groups in total. The van der Waals surface area contributed by atoms with Crippen LogP contribution in [-0.4, -0.2) is 11.9 Å². The lowest BCUT2D eigenvalue weighted by Crippen LogP contribution is -2.33. The maximum absolute atomic E-state index is 13.0. The molecule has 0 saturated carbocycles. The van der Waals surface area contributed by atoms with Crippen molar-refractivity contribution in [3.63, 3.8) is 0 Å². The van der Waals surface area contributed by atoms with E-state index in [1.54, 1.807) is 13.8 Å². The van der Waals surface area contributed by atoms with Crippen molar-refractivity contribution < 1.29 is 13.6 Å². The molecule has 2 aromatic rings. The monoisotopic (exact) mass is 249 g/mol. The van der Waals surface area contributed by atoms with Gasteiger partial charge in [-0.15, -0.1) is 0 Å². The van der Waals surface area contributed by atoms with Gasteiger partial charge in [-0.25, -0.2) is 9.18 Å². The van der Waals surface area contributed by atoms with E-state index in [1.165, 1.54) is 18.2 Å². The third-order valence-corrected chi connectivity index (χ3v) is 2.36. The fraction of sp³-hybridized carbons (Fsp3) is 0.231. The third kappa shape index (κ3) is 2.40. The minimum atomic E-state index is -0.772. The molecule has 1 aromatic heterocycles. The zero-order chi connectivity index (χ0) is 13.3. The number of nitrogens with one attached hydrogen (secondary N) is 1. The molecule has 94 valence electrons. The number of rotatable bonds is 2. The van der Waals surface area contributed by atoms with Crippen LogP contribution >= 0.6 is 0 Å². The lowest BCUT2D eigenvalue weighted by molar-refractivity contribution is 0.0939. The molecular weight excluding hydrogens is 237 g/mol. The number of carbonyl (C=O) groups is 1. The van der Waals surface area contributed by atoms with Crippen molar-refractivity contribution in [2.24, 2.45) is 0 Å². The summed E-state index contributed by atoms with van der Waals surface area (Å²) in [6.45, 7) is 3.58. The SMILES string of the molecule is CC(C)NC(=O)c1cc2ccc(F)cc2oc1=O. The van der Waals surface area contributed by atoms with Crippen LogP contribution in [0.1, 0.15) is 24.2 Å². The molecular formula is C13H12FNO3. The number of hydrogen-bond donors (Lipinski definition) is 1. The molecule has 5 heteroatoms. The number of amides is 1. The fourth-order valence-electron chi connectivity index (χ4n) is 1.58. The predicted molar refractivity (Wildman–Crippen MR) is 65.0 cm³/mol. The highest BCUT2D eigenvalue weighted by molar-refractivity contribution is 5.96. The quantitative estimate of drug-likeness (QED) is 0.829. The van der Waals surface area contributed by atoms with E-state index in [9.17, 15) is 14.0 Å². The smallest absolute Gasteiger partial charge is 0.349 e. The van der Waals surface area contributed by atoms with Gasteiger partial charge >= 0.3 is 5.63 Å². The van der Waals surface area contributed by atoms with Gasteiger partial charge in [0.2, 0.25) is 0 Å². The molecule has 2 rings (SSSR count). The number of carbonyl (C=O) groups excluding carboxylic acids is 1. The molecule has 0 aliphatic rings. The fourth-order valence-corrected chi connectivity index (χ4v) is 1.58. The Kier molecular flexibility index (Phi) is 3.14. The molecule has 4 nitrogen and oxygen atoms in total. The van der Waals surface area contributed by atoms with Gasteiger partial charge in [-0.05, 0) is 32.0 Å². The molecule has 1 heterocycles. The van der Waals surface area contributed by atoms with E-state index < -0.39 is 17.3 Å². The van der Waals surface area contributed by atoms with Crippen LogP contribution < -0.4 is 10.9 Å². The van der Waals surface area contributed by atoms with Crippen LogP contribution in [0.15, 0.2) is 33.5 Å². The Balaban J connectivity index is 2.53. The summed E-state index contributed by atoms with van der Waals surface area (Å²) in [5.74, 6) is -0.991. The summed E-state index contributed by atoms with van der Waals surface area (Å²) < 4.78 is 17.9. The average Bonchev–Trinajstić information content (AvgIpc) is 2.26. The highest BCUT2D eigenvalue weighted by Gasteiger charge is 2.14. The first-order valence-corrected chi connectivity index (χ1v) is 5.51. The first kappa shape index (κ1) is 12.3. The highest BCUT2D eigenvalue weighted by atomic mass is 19.1. The van der Waals surface area contributed by atoms with E-state index in [-0.39, 0.29) is 17.2 Å². The molecule has 0 spiro atoms. The third-order valence-electron chi connectivity index (χ3n) is 2.36. The minimum Gasteiger partial charge on any atom is -0.422 e. The van der Waals surface area contributed by atoms with E-state index in [1.807, 2.05) is 0 Å². The lowest BCUT2D eigenvalue weighted by atomic mass is 10.1. The van der Waals surface area contributed by atoms with Gasteiger partial charge in [-0.3, -0.25) is 4.79 Å². The first-order chi connectivity index (χ1) is 8.47. The second-order valence-corrected chi connectivity index (χ2v) is 4.26. The maximum atomic E-state index is 13.0. The maximum Gasteiger partial charge on any atom is 0.349 e. The molecule has 1 amide bonds. The molecule has 0 saturated heterocycles. The Morgan fingerprint density at radius 3 is 2.72 bits per heavy atom. The van der Waals surface area contributed by atoms with Crippen LogP contribution in [-0.2, 0) is 0 Å². The standard InChI is InChI=1S/C13H12FNO3/c1-7(2)15-12(16)10-5-8-3-4-9(14)6-11(8)18-13(10)17/h3-7H,1-2H3,(H,15,16). The van der Waals surface area contributed by atoms with Gasteiger partial charge < -0.3 is 9.73 Å². The Morgan fingerprint density at radius 1 is 1.33 bits per heavy atom. The Morgan fingerprint density at radius 2 is 2.06 bits per heavy atom. The van der Waals surface area contributed by atoms with Crippen LogP contribution in [0.25, 0.3) is 11.0 Å². The van der Waals surface area contributed by atoms with Crippen LogP contribution in [0, 0.1) is 5.82 Å². The highest BCUT2D eigenvalue weighted by Crippen LogP contribution is 2.14. The van der Waals surface area contributed by atoms with Gasteiger partial charge in [-0.1, -0.05) is 0 Å². The largest absolute Gasteiger partial charge is 0.422 e. The molecule has 0 atom stereocenters. The van der Waals surface area contributed by atoms with E-state index in [0.29, 0.717) is 5.39 Å². The molecule has 0 unspecified atom stereocenters. The predicted octanol–water partition coefficient (Wildman–Crippen LogP) is 2.07. The van der Waals surface area contributed by atoms with Crippen LogP contribution in [0.4, 0.5) is 4.39 Å². The molecule has 0 bridgehead atoms. The zero-order valence-corrected chi connectivity index (χ0v) is 9.99. The molecule has 0 aliphatic carbocycles. The number of hydrogen-bond acceptors (Lipinski definition) is 3. The molecule has 18 heavy (non-hydrogen) atoms. The normalized spacial score (nSPS) is 10.9. The van der Waals surface area contributed by atoms with Crippen molar-refractivity contribution in [1.82, 2.24) is 5.32 Å². The first-order valence-electron chi connectivity index (χ1n) is 5.51. The summed E-state index contributed by atoms with van der Waals surface area (Å²) >= 11 is 0. The number of benzene rings is 1. The number of halogens is 1. The van der Waals surface area contributed by atoms with Gasteiger partial charge in [-0.2, -0.15) is 0 Å². The van der Waals surface area contributed by atoms with Crippen molar-refractivity contribution in [2.45, 2.75) is 19.9 Å². The van der Waals surface area contributed by atoms with E-state index >= 15 is 0 Å². The van der Waals surface area contributed by atoms with Crippen LogP contribution in [0.2, 0.25) is 0 Å². The van der Waals surface area contributed by atoms with E-state index in [4.69, 9.17) is 4.42 Å². The Bertz CT molecular complexity index is 661. The Hall–Kier alpha value is -2.17. The topological polar surface area (TPSA) is 59.3 Å². The van der Waals surface area contributed by atoms with Crippen molar-refractivity contribution in [2.75, 3.05) is 0 Å². The minimum absolute atomic E-state index is 0.0807. The molecule has 1 aromatic carbocycles. The van der Waals surface area contributed by atoms with Crippen LogP contribution in [0.3, 0.4) is 0 Å². The van der Waals surface area contributed by atoms with Gasteiger partial charge in [0.15, 0.2) is 0 Å². The summed E-state index contributed by atoms with van der Waals surface area (Å²) in [4.78, 5) is 23.4. The zero-order valence-electron chi connectivity index (χ0n) is 9.99. The summed E-state index contributed by atoms with van der Waals surface area (Å²) in [6.07, 6.45) is 0.